The number of ketones is 1. The molecule has 0 unspecified atom stereocenters. The number of carbonyl (C=O) groups excluding carboxylic acids is 1. The maximum absolute atomic E-state index is 12.5. The van der Waals surface area contributed by atoms with Gasteiger partial charge < -0.3 is 29.2 Å². The fourth-order valence-electron chi connectivity index (χ4n) is 6.83. The van der Waals surface area contributed by atoms with Crippen LogP contribution in [0.5, 0.6) is 23.0 Å². The summed E-state index contributed by atoms with van der Waals surface area (Å²) in [7, 11) is 0. The van der Waals surface area contributed by atoms with Crippen LogP contribution in [0.2, 0.25) is 10.0 Å². The molecule has 15 heteroatoms. The van der Waals surface area contributed by atoms with Crippen molar-refractivity contribution >= 4 is 35.0 Å². The van der Waals surface area contributed by atoms with E-state index >= 15 is 0 Å². The van der Waals surface area contributed by atoms with Crippen LogP contribution in [0.15, 0.2) is 97.6 Å². The van der Waals surface area contributed by atoms with Gasteiger partial charge in [-0.3, -0.25) is 24.9 Å². The van der Waals surface area contributed by atoms with Crippen LogP contribution in [0.4, 0.5) is 0 Å². The molecule has 0 saturated carbocycles. The summed E-state index contributed by atoms with van der Waals surface area (Å²) in [5.74, 6) is -0.159. The molecular formula is C49H43Cl2N5O8. The van der Waals surface area contributed by atoms with Gasteiger partial charge in [0.2, 0.25) is 0 Å². The van der Waals surface area contributed by atoms with Crippen LogP contribution in [0.3, 0.4) is 0 Å². The van der Waals surface area contributed by atoms with Gasteiger partial charge in [-0.05, 0) is 85.3 Å². The SMILES string of the molecule is CC(=O)c1cc(Cl)c(OCc2cccc(-c3cccc(COc4cc(OCc5cncc(C#N)c5)c(CN[C@H](C(=O)O)[C@@H](C)O)cc4Cl)c3C)c2C)cc1OCc1cncc(C#N)c1. The van der Waals surface area contributed by atoms with E-state index in [4.69, 9.17) is 42.1 Å². The number of aromatic nitrogens is 2. The summed E-state index contributed by atoms with van der Waals surface area (Å²) in [5, 5.41) is 41.6. The highest BCUT2D eigenvalue weighted by molar-refractivity contribution is 6.32. The van der Waals surface area contributed by atoms with Crippen LogP contribution < -0.4 is 24.3 Å². The molecule has 4 aromatic carbocycles. The molecule has 0 fully saturated rings. The van der Waals surface area contributed by atoms with E-state index in [9.17, 15) is 30.3 Å². The fourth-order valence-corrected chi connectivity index (χ4v) is 7.29. The minimum absolute atomic E-state index is 0.00537. The molecule has 0 spiro atoms. The van der Waals surface area contributed by atoms with Crippen molar-refractivity contribution in [2.45, 2.75) is 72.8 Å². The molecule has 0 radical (unpaired) electrons. The molecule has 2 aromatic heterocycles. The van der Waals surface area contributed by atoms with E-state index in [2.05, 4.69) is 27.4 Å². The van der Waals surface area contributed by atoms with E-state index in [1.807, 2.05) is 50.2 Å². The second kappa shape index (κ2) is 21.4. The van der Waals surface area contributed by atoms with Crippen LogP contribution in [0.25, 0.3) is 11.1 Å². The number of nitrogens with one attached hydrogen (secondary N) is 1. The van der Waals surface area contributed by atoms with Gasteiger partial charge in [0.05, 0.1) is 32.8 Å². The van der Waals surface area contributed by atoms with Gasteiger partial charge in [-0.1, -0.05) is 59.6 Å². The third-order valence-electron chi connectivity index (χ3n) is 10.4. The average Bonchev–Trinajstić information content (AvgIpc) is 3.28. The van der Waals surface area contributed by atoms with Gasteiger partial charge in [-0.15, -0.1) is 0 Å². The van der Waals surface area contributed by atoms with Crippen molar-refractivity contribution in [2.75, 3.05) is 0 Å². The number of hydrogen-bond donors (Lipinski definition) is 3. The van der Waals surface area contributed by atoms with Crippen molar-refractivity contribution in [3.05, 3.63) is 163 Å². The number of carbonyl (C=O) groups is 2. The van der Waals surface area contributed by atoms with E-state index < -0.39 is 18.1 Å². The number of halogens is 2. The largest absolute Gasteiger partial charge is 0.488 e. The predicted molar refractivity (Wildman–Crippen MR) is 239 cm³/mol. The van der Waals surface area contributed by atoms with E-state index in [0.717, 1.165) is 33.4 Å². The molecule has 0 aliphatic carbocycles. The molecule has 13 nitrogen and oxygen atoms in total. The number of aliphatic carboxylic acids is 1. The van der Waals surface area contributed by atoms with Crippen LogP contribution in [-0.2, 0) is 37.8 Å². The third-order valence-corrected chi connectivity index (χ3v) is 11.0. The molecule has 6 aromatic rings. The second-order valence-electron chi connectivity index (χ2n) is 14.9. The van der Waals surface area contributed by atoms with Crippen molar-refractivity contribution in [1.29, 1.82) is 10.5 Å². The molecule has 2 atom stereocenters. The Balaban J connectivity index is 1.20. The number of carboxylic acids is 1. The maximum Gasteiger partial charge on any atom is 0.323 e. The first kappa shape index (κ1) is 46.5. The minimum atomic E-state index is -1.24. The number of hydrogen-bond acceptors (Lipinski definition) is 12. The Labute approximate surface area is 380 Å². The summed E-state index contributed by atoms with van der Waals surface area (Å²) in [6.45, 7) is 7.27. The number of nitrogens with zero attached hydrogens (tertiary/aromatic N) is 4. The molecule has 0 saturated heterocycles. The summed E-state index contributed by atoms with van der Waals surface area (Å²) < 4.78 is 24.8. The van der Waals surface area contributed by atoms with Crippen LogP contribution in [-0.4, -0.2) is 44.1 Å². The Hall–Kier alpha value is -7.00. The number of pyridine rings is 2. The number of rotatable bonds is 19. The van der Waals surface area contributed by atoms with E-state index in [-0.39, 0.29) is 54.6 Å². The monoisotopic (exact) mass is 899 g/mol. The van der Waals surface area contributed by atoms with E-state index in [1.54, 1.807) is 42.7 Å². The number of aliphatic hydroxyl groups excluding tert-OH is 1. The number of nitriles is 2. The first-order valence-corrected chi connectivity index (χ1v) is 20.7. The van der Waals surface area contributed by atoms with Crippen molar-refractivity contribution in [3.63, 3.8) is 0 Å². The standard InChI is InChI=1S/C49H43Cl2N5O8/c1-28-36(26-63-46-15-44(61-24-34-11-32(17-52)19-54-21-34)38(13-42(46)50)23-56-48(31(4)58)49(59)60)7-5-9-39(28)40-10-6-8-37(29(40)2)27-64-47-16-45(41(30(3)57)14-43(47)51)62-25-35-12-33(18-53)20-55-22-35/h5-16,19-22,31,48,56,58H,23-27H2,1-4H3,(H,59,60)/t31-,48+/m1/s1. The average molecular weight is 901 g/mol. The highest BCUT2D eigenvalue weighted by Crippen LogP contribution is 2.37. The van der Waals surface area contributed by atoms with Gasteiger partial charge >= 0.3 is 5.97 Å². The number of carboxylic acid groups (broad SMARTS) is 1. The highest BCUT2D eigenvalue weighted by atomic mass is 35.5. The highest BCUT2D eigenvalue weighted by Gasteiger charge is 2.24. The summed E-state index contributed by atoms with van der Waals surface area (Å²) in [4.78, 5) is 32.5. The lowest BCUT2D eigenvalue weighted by Gasteiger charge is -2.20. The molecule has 2 heterocycles. The maximum atomic E-state index is 12.5. The molecular weight excluding hydrogens is 857 g/mol. The predicted octanol–water partition coefficient (Wildman–Crippen LogP) is 9.25. The zero-order valence-electron chi connectivity index (χ0n) is 35.3. The molecule has 0 amide bonds. The summed E-state index contributed by atoms with van der Waals surface area (Å²) in [5.41, 5.74) is 8.58. The number of aliphatic hydroxyl groups is 1. The molecule has 0 bridgehead atoms. The van der Waals surface area contributed by atoms with Gasteiger partial charge in [-0.2, -0.15) is 10.5 Å². The quantitative estimate of drug-likeness (QED) is 0.0651. The zero-order valence-corrected chi connectivity index (χ0v) is 36.8. The lowest BCUT2D eigenvalue weighted by Crippen LogP contribution is -2.44. The second-order valence-corrected chi connectivity index (χ2v) is 15.7. The molecule has 3 N–H and O–H groups in total. The normalized spacial score (nSPS) is 11.8. The lowest BCUT2D eigenvalue weighted by atomic mass is 9.92. The van der Waals surface area contributed by atoms with Gasteiger partial charge in [0.1, 0.15) is 67.6 Å². The molecule has 0 aliphatic heterocycles. The minimum Gasteiger partial charge on any atom is -0.488 e. The Morgan fingerprint density at radius 1 is 0.688 bits per heavy atom. The first-order chi connectivity index (χ1) is 30.8. The topological polar surface area (TPSA) is 197 Å². The van der Waals surface area contributed by atoms with Crippen LogP contribution in [0, 0.1) is 36.5 Å². The Bertz CT molecular complexity index is 2780. The number of ether oxygens (including phenoxy) is 4. The molecule has 326 valence electrons. The van der Waals surface area contributed by atoms with Crippen molar-refractivity contribution in [2.24, 2.45) is 0 Å². The first-order valence-electron chi connectivity index (χ1n) is 19.9. The summed E-state index contributed by atoms with van der Waals surface area (Å²) in [6.07, 6.45) is 4.90. The molecule has 6 rings (SSSR count). The zero-order chi connectivity index (χ0) is 45.9. The lowest BCUT2D eigenvalue weighted by molar-refractivity contribution is -0.142. The summed E-state index contributed by atoms with van der Waals surface area (Å²) >= 11 is 13.4. The van der Waals surface area contributed by atoms with E-state index in [1.165, 1.54) is 32.3 Å². The third kappa shape index (κ3) is 11.5. The summed E-state index contributed by atoms with van der Waals surface area (Å²) in [6, 6.07) is 24.5. The van der Waals surface area contributed by atoms with Gasteiger partial charge in [0.25, 0.3) is 0 Å². The smallest absolute Gasteiger partial charge is 0.323 e. The van der Waals surface area contributed by atoms with Gasteiger partial charge in [0.15, 0.2) is 5.78 Å². The van der Waals surface area contributed by atoms with Gasteiger partial charge in [0, 0.05) is 60.2 Å². The van der Waals surface area contributed by atoms with Crippen LogP contribution in [0.1, 0.15) is 74.3 Å². The Kier molecular flexibility index (Phi) is 15.5. The molecule has 64 heavy (non-hydrogen) atoms. The van der Waals surface area contributed by atoms with Crippen molar-refractivity contribution in [3.8, 4) is 46.3 Å². The van der Waals surface area contributed by atoms with Gasteiger partial charge in [-0.25, -0.2) is 0 Å². The fraction of sp³-hybridized carbons (Fsp3) is 0.224. The Morgan fingerprint density at radius 2 is 1.17 bits per heavy atom. The van der Waals surface area contributed by atoms with Crippen LogP contribution >= 0.6 is 23.2 Å². The number of benzene rings is 4. The Morgan fingerprint density at radius 3 is 1.66 bits per heavy atom. The number of Topliss-reactive ketones (excluding diaryl/α,β-unsaturated/α-hetero) is 1. The van der Waals surface area contributed by atoms with E-state index in [0.29, 0.717) is 50.6 Å². The molecule has 0 aliphatic rings. The van der Waals surface area contributed by atoms with Crippen molar-refractivity contribution < 1.29 is 38.7 Å². The van der Waals surface area contributed by atoms with Crippen molar-refractivity contribution in [1.82, 2.24) is 15.3 Å².